The van der Waals surface area contributed by atoms with E-state index in [1.54, 1.807) is 36.3 Å². The Morgan fingerprint density at radius 2 is 1.65 bits per heavy atom. The van der Waals surface area contributed by atoms with E-state index in [2.05, 4.69) is 0 Å². The lowest BCUT2D eigenvalue weighted by Crippen LogP contribution is -2.40. The van der Waals surface area contributed by atoms with Crippen LogP contribution in [0.4, 0.5) is 0 Å². The number of morpholine rings is 1. The molecule has 0 aromatic heterocycles. The second kappa shape index (κ2) is 11.3. The average molecular weight is 500 g/mol. The molecule has 2 amide bonds. The van der Waals surface area contributed by atoms with Crippen LogP contribution in [-0.2, 0) is 9.53 Å². The van der Waals surface area contributed by atoms with Gasteiger partial charge in [0.05, 0.1) is 37.6 Å². The normalized spacial score (nSPS) is 17.3. The molecule has 1 fully saturated rings. The Morgan fingerprint density at radius 1 is 0.946 bits per heavy atom. The van der Waals surface area contributed by atoms with E-state index < -0.39 is 0 Å². The van der Waals surface area contributed by atoms with Crippen molar-refractivity contribution in [3.63, 3.8) is 0 Å². The van der Waals surface area contributed by atoms with Crippen LogP contribution in [0.15, 0.2) is 84.0 Å². The molecule has 0 spiro atoms. The molecule has 2 aliphatic heterocycles. The number of rotatable bonds is 7. The topological polar surface area (TPSA) is 80.7 Å². The van der Waals surface area contributed by atoms with Gasteiger partial charge in [-0.1, -0.05) is 54.6 Å². The number of hydrogen-bond donors (Lipinski definition) is 0. The molecule has 0 saturated carbocycles. The van der Waals surface area contributed by atoms with Gasteiger partial charge in [-0.2, -0.15) is 5.10 Å². The SMILES string of the molecule is COc1ccc([C@@H]2CC(c3ccccc3)=NN2C(=O)COc2ccccc2C(=O)N2CCOCC2)cc1. The van der Waals surface area contributed by atoms with Gasteiger partial charge in [0.15, 0.2) is 6.61 Å². The van der Waals surface area contributed by atoms with E-state index in [1.165, 1.54) is 5.01 Å². The summed E-state index contributed by atoms with van der Waals surface area (Å²) in [5.41, 5.74) is 3.18. The molecule has 190 valence electrons. The lowest BCUT2D eigenvalue weighted by Gasteiger charge is -2.27. The highest BCUT2D eigenvalue weighted by molar-refractivity contribution is 6.03. The zero-order valence-corrected chi connectivity index (χ0v) is 20.7. The monoisotopic (exact) mass is 499 g/mol. The second-order valence-corrected chi connectivity index (χ2v) is 8.83. The van der Waals surface area contributed by atoms with Crippen molar-refractivity contribution in [2.75, 3.05) is 40.0 Å². The van der Waals surface area contributed by atoms with Crippen molar-refractivity contribution in [3.8, 4) is 11.5 Å². The molecular formula is C29H29N3O5. The van der Waals surface area contributed by atoms with Gasteiger partial charge >= 0.3 is 0 Å². The molecule has 0 N–H and O–H groups in total. The number of para-hydroxylation sites is 1. The summed E-state index contributed by atoms with van der Waals surface area (Å²) in [5, 5.41) is 6.20. The Morgan fingerprint density at radius 3 is 2.38 bits per heavy atom. The number of benzene rings is 3. The molecule has 8 nitrogen and oxygen atoms in total. The second-order valence-electron chi connectivity index (χ2n) is 8.83. The summed E-state index contributed by atoms with van der Waals surface area (Å²) < 4.78 is 16.6. The Balaban J connectivity index is 1.35. The number of hydrazone groups is 1. The van der Waals surface area contributed by atoms with Crippen LogP contribution >= 0.6 is 0 Å². The minimum atomic E-state index is -0.291. The molecule has 2 heterocycles. The number of ether oxygens (including phenoxy) is 3. The van der Waals surface area contributed by atoms with Gasteiger partial charge < -0.3 is 19.1 Å². The van der Waals surface area contributed by atoms with Crippen LogP contribution in [0.3, 0.4) is 0 Å². The quantitative estimate of drug-likeness (QED) is 0.492. The molecule has 1 atom stereocenters. The molecule has 37 heavy (non-hydrogen) atoms. The highest BCUT2D eigenvalue weighted by atomic mass is 16.5. The molecule has 0 unspecified atom stereocenters. The summed E-state index contributed by atoms with van der Waals surface area (Å²) in [6, 6.07) is 24.2. The van der Waals surface area contributed by atoms with Crippen LogP contribution in [0.1, 0.15) is 33.9 Å². The Labute approximate surface area is 216 Å². The predicted molar refractivity (Wildman–Crippen MR) is 139 cm³/mol. The highest BCUT2D eigenvalue weighted by Gasteiger charge is 2.33. The van der Waals surface area contributed by atoms with Gasteiger partial charge in [-0.05, 0) is 35.4 Å². The van der Waals surface area contributed by atoms with Crippen LogP contribution in [0.5, 0.6) is 11.5 Å². The van der Waals surface area contributed by atoms with Crippen LogP contribution in [-0.4, -0.2) is 67.5 Å². The third kappa shape index (κ3) is 5.49. The van der Waals surface area contributed by atoms with E-state index in [0.717, 1.165) is 22.6 Å². The first-order chi connectivity index (χ1) is 18.1. The maximum Gasteiger partial charge on any atom is 0.281 e. The van der Waals surface area contributed by atoms with Gasteiger partial charge in [0.1, 0.15) is 11.5 Å². The first-order valence-electron chi connectivity index (χ1n) is 12.3. The Hall–Kier alpha value is -4.17. The van der Waals surface area contributed by atoms with Gasteiger partial charge in [-0.25, -0.2) is 5.01 Å². The van der Waals surface area contributed by atoms with Crippen molar-refractivity contribution in [2.45, 2.75) is 12.5 Å². The number of nitrogens with zero attached hydrogens (tertiary/aromatic N) is 3. The number of carbonyl (C=O) groups excluding carboxylic acids is 2. The zero-order valence-electron chi connectivity index (χ0n) is 20.7. The van der Waals surface area contributed by atoms with Crippen molar-refractivity contribution in [1.82, 2.24) is 9.91 Å². The van der Waals surface area contributed by atoms with Crippen LogP contribution in [0.25, 0.3) is 0 Å². The fraction of sp³-hybridized carbons (Fsp3) is 0.276. The van der Waals surface area contributed by atoms with E-state index in [1.807, 2.05) is 54.6 Å². The van der Waals surface area contributed by atoms with Crippen LogP contribution in [0.2, 0.25) is 0 Å². The number of carbonyl (C=O) groups is 2. The summed E-state index contributed by atoms with van der Waals surface area (Å²) in [6.07, 6.45) is 0.578. The van der Waals surface area contributed by atoms with E-state index in [9.17, 15) is 9.59 Å². The highest BCUT2D eigenvalue weighted by Crippen LogP contribution is 2.34. The minimum Gasteiger partial charge on any atom is -0.497 e. The van der Waals surface area contributed by atoms with Gasteiger partial charge in [0.2, 0.25) is 0 Å². The van der Waals surface area contributed by atoms with Crippen molar-refractivity contribution >= 4 is 17.5 Å². The number of hydrogen-bond acceptors (Lipinski definition) is 6. The lowest BCUT2D eigenvalue weighted by molar-refractivity contribution is -0.135. The van der Waals surface area contributed by atoms with Crippen LogP contribution in [0, 0.1) is 0 Å². The summed E-state index contributed by atoms with van der Waals surface area (Å²) in [5.74, 6) is 0.696. The lowest BCUT2D eigenvalue weighted by atomic mass is 9.98. The first kappa shape index (κ1) is 24.5. The third-order valence-electron chi connectivity index (χ3n) is 6.54. The fourth-order valence-electron chi connectivity index (χ4n) is 4.54. The minimum absolute atomic E-state index is 0.131. The van der Waals surface area contributed by atoms with Gasteiger partial charge in [0, 0.05) is 19.5 Å². The van der Waals surface area contributed by atoms with Gasteiger partial charge in [-0.15, -0.1) is 0 Å². The summed E-state index contributed by atoms with van der Waals surface area (Å²) in [7, 11) is 1.62. The number of methoxy groups -OCH3 is 1. The molecule has 5 rings (SSSR count). The molecule has 3 aromatic carbocycles. The maximum atomic E-state index is 13.4. The molecule has 3 aromatic rings. The maximum absolute atomic E-state index is 13.4. The summed E-state index contributed by atoms with van der Waals surface area (Å²) >= 11 is 0. The Bertz CT molecular complexity index is 1270. The van der Waals surface area contributed by atoms with Gasteiger partial charge in [0.25, 0.3) is 11.8 Å². The van der Waals surface area contributed by atoms with E-state index >= 15 is 0 Å². The zero-order chi connectivity index (χ0) is 25.6. The van der Waals surface area contributed by atoms with Crippen molar-refractivity contribution in [1.29, 1.82) is 0 Å². The molecule has 2 aliphatic rings. The first-order valence-corrected chi connectivity index (χ1v) is 12.3. The summed E-state index contributed by atoms with van der Waals surface area (Å²) in [6.45, 7) is 1.83. The van der Waals surface area contributed by atoms with E-state index in [0.29, 0.717) is 44.0 Å². The van der Waals surface area contributed by atoms with Crippen LogP contribution < -0.4 is 9.47 Å². The van der Waals surface area contributed by atoms with Crippen molar-refractivity contribution < 1.29 is 23.8 Å². The smallest absolute Gasteiger partial charge is 0.281 e. The third-order valence-corrected chi connectivity index (χ3v) is 6.54. The largest absolute Gasteiger partial charge is 0.497 e. The molecule has 0 radical (unpaired) electrons. The molecule has 1 saturated heterocycles. The molecule has 0 bridgehead atoms. The summed E-state index contributed by atoms with van der Waals surface area (Å²) in [4.78, 5) is 28.3. The standard InChI is InChI=1S/C29H29N3O5/c1-35-23-13-11-22(12-14-23)26-19-25(21-7-3-2-4-8-21)30-32(26)28(33)20-37-27-10-6-5-9-24(27)29(34)31-15-17-36-18-16-31/h2-14,26H,15-20H2,1H3/t26-/m0/s1. The van der Waals surface area contributed by atoms with Crippen molar-refractivity contribution in [3.05, 3.63) is 95.6 Å². The molecule has 0 aliphatic carbocycles. The van der Waals surface area contributed by atoms with E-state index in [-0.39, 0.29) is 24.5 Å². The Kier molecular flexibility index (Phi) is 7.46. The predicted octanol–water partition coefficient (Wildman–Crippen LogP) is 3.92. The van der Waals surface area contributed by atoms with E-state index in [4.69, 9.17) is 19.3 Å². The molecule has 8 heteroatoms. The van der Waals surface area contributed by atoms with Crippen molar-refractivity contribution in [2.24, 2.45) is 5.10 Å². The van der Waals surface area contributed by atoms with Gasteiger partial charge in [-0.3, -0.25) is 9.59 Å². The average Bonchev–Trinajstić information content (AvgIpc) is 3.42. The fourth-order valence-corrected chi connectivity index (χ4v) is 4.54. The molecular weight excluding hydrogens is 470 g/mol. The number of amides is 2.